The summed E-state index contributed by atoms with van der Waals surface area (Å²) < 4.78 is 42.1. The Kier molecular flexibility index (Phi) is 9.27. The summed E-state index contributed by atoms with van der Waals surface area (Å²) in [7, 11) is -2.61. The molecule has 2 aliphatic carbocycles. The van der Waals surface area contributed by atoms with Crippen LogP contribution in [0.5, 0.6) is 5.75 Å². The molecule has 6 rings (SSSR count). The molecule has 2 bridgehead atoms. The summed E-state index contributed by atoms with van der Waals surface area (Å²) in [5.41, 5.74) is 3.25. The number of aliphatic hydroxyl groups excluding tert-OH is 1. The predicted molar refractivity (Wildman–Crippen MR) is 177 cm³/mol. The number of nitrogens with one attached hydrogen (secondary N) is 1. The van der Waals surface area contributed by atoms with Crippen molar-refractivity contribution in [2.75, 3.05) is 31.7 Å². The summed E-state index contributed by atoms with van der Waals surface area (Å²) >= 11 is 6.40. The van der Waals surface area contributed by atoms with E-state index in [1.807, 2.05) is 26.0 Å². The molecule has 1 amide bonds. The van der Waals surface area contributed by atoms with Gasteiger partial charge in [0.25, 0.3) is 5.91 Å². The van der Waals surface area contributed by atoms with Gasteiger partial charge in [0.05, 0.1) is 24.5 Å². The molecule has 0 radical (unpaired) electrons. The fourth-order valence-electron chi connectivity index (χ4n) is 7.91. The Bertz CT molecular complexity index is 1560. The third-order valence-electron chi connectivity index (χ3n) is 10.4. The van der Waals surface area contributed by atoms with Gasteiger partial charge in [0.15, 0.2) is 0 Å². The molecule has 2 N–H and O–H groups in total. The lowest BCUT2D eigenvalue weighted by Crippen LogP contribution is -2.49. The number of nitrogens with zero attached hydrogens (tertiary/aromatic N) is 1. The maximum atomic E-state index is 13.7. The number of methoxy groups -OCH3 is 1. The van der Waals surface area contributed by atoms with Crippen LogP contribution in [0.3, 0.4) is 0 Å². The van der Waals surface area contributed by atoms with Gasteiger partial charge < -0.3 is 19.5 Å². The van der Waals surface area contributed by atoms with Gasteiger partial charge in [-0.15, -0.1) is 0 Å². The first-order valence-corrected chi connectivity index (χ1v) is 18.2. The molecule has 2 aliphatic heterocycles. The van der Waals surface area contributed by atoms with Gasteiger partial charge in [-0.1, -0.05) is 43.7 Å². The molecule has 45 heavy (non-hydrogen) atoms. The minimum absolute atomic E-state index is 0.0571. The molecular weight excluding hydrogens is 612 g/mol. The molecule has 0 unspecified atom stereocenters. The van der Waals surface area contributed by atoms with Crippen molar-refractivity contribution in [2.24, 2.45) is 17.8 Å². The second-order valence-corrected chi connectivity index (χ2v) is 16.2. The number of hydrogen-bond donors (Lipinski definition) is 2. The van der Waals surface area contributed by atoms with E-state index in [0.29, 0.717) is 38.3 Å². The number of rotatable bonds is 3. The van der Waals surface area contributed by atoms with Crippen LogP contribution in [-0.4, -0.2) is 63.7 Å². The lowest BCUT2D eigenvalue weighted by Gasteiger charge is -2.45. The highest BCUT2D eigenvalue weighted by Crippen LogP contribution is 2.46. The van der Waals surface area contributed by atoms with Crippen LogP contribution < -0.4 is 14.4 Å². The van der Waals surface area contributed by atoms with Gasteiger partial charge in [-0.05, 0) is 104 Å². The lowest BCUT2D eigenvalue weighted by molar-refractivity contribution is 0.0451. The Morgan fingerprint density at radius 1 is 1.20 bits per heavy atom. The Hall–Kier alpha value is -2.59. The molecule has 0 saturated heterocycles. The molecule has 2 aromatic carbocycles. The molecule has 0 aromatic heterocycles. The van der Waals surface area contributed by atoms with E-state index in [4.69, 9.17) is 21.1 Å². The predicted octanol–water partition coefficient (Wildman–Crippen LogP) is 5.65. The van der Waals surface area contributed by atoms with Crippen molar-refractivity contribution in [3.8, 4) is 5.75 Å². The molecule has 244 valence electrons. The summed E-state index contributed by atoms with van der Waals surface area (Å²) in [6.07, 6.45) is 7.80. The number of aliphatic hydroxyl groups is 1. The molecule has 1 spiro atoms. The molecular formula is C35H45ClN2O6S. The zero-order chi connectivity index (χ0) is 31.9. The Morgan fingerprint density at radius 2 is 2.02 bits per heavy atom. The van der Waals surface area contributed by atoms with Crippen LogP contribution in [0.2, 0.25) is 5.02 Å². The molecule has 6 atom stereocenters. The summed E-state index contributed by atoms with van der Waals surface area (Å²) in [4.78, 5) is 16.0. The van der Waals surface area contributed by atoms with Crippen molar-refractivity contribution < 1.29 is 27.8 Å². The topological polar surface area (TPSA) is 105 Å². The normalized spacial score (nSPS) is 32.0. The summed E-state index contributed by atoms with van der Waals surface area (Å²) in [5.74, 6) is 0.387. The second kappa shape index (κ2) is 12.9. The van der Waals surface area contributed by atoms with E-state index in [9.17, 15) is 18.3 Å². The number of amides is 1. The number of hydrogen-bond acceptors (Lipinski definition) is 7. The number of carbonyl (C=O) groups excluding carboxylic acids is 1. The highest BCUT2D eigenvalue weighted by Gasteiger charge is 2.44. The largest absolute Gasteiger partial charge is 0.490 e. The molecule has 1 saturated carbocycles. The van der Waals surface area contributed by atoms with Crippen molar-refractivity contribution in [2.45, 2.75) is 81.7 Å². The number of ether oxygens (including phenoxy) is 2. The fraction of sp³-hybridized carbons (Fsp3) is 0.571. The zero-order valence-electron chi connectivity index (χ0n) is 26.4. The number of aryl methyl sites for hydroxylation is 1. The minimum Gasteiger partial charge on any atom is -0.490 e. The lowest BCUT2D eigenvalue weighted by atomic mass is 9.68. The SMILES string of the molecule is CO[C@H]1C/C=C\[C@H](O)[C@@H]2CC[C@H]2CN2C[C@@]3(CCCc4cc(Cl)ccc43)COc3ccc(cc32)C(=O)NS(=O)(=O)[C@@H]1CC(C)C. The Morgan fingerprint density at radius 3 is 2.76 bits per heavy atom. The van der Waals surface area contributed by atoms with Crippen molar-refractivity contribution in [1.29, 1.82) is 0 Å². The smallest absolute Gasteiger partial charge is 0.264 e. The van der Waals surface area contributed by atoms with E-state index >= 15 is 0 Å². The highest BCUT2D eigenvalue weighted by molar-refractivity contribution is 7.90. The van der Waals surface area contributed by atoms with Crippen LogP contribution in [0.1, 0.15) is 73.9 Å². The number of benzene rings is 2. The average molecular weight is 657 g/mol. The Balaban J connectivity index is 1.42. The van der Waals surface area contributed by atoms with Gasteiger partial charge >= 0.3 is 0 Å². The van der Waals surface area contributed by atoms with Crippen molar-refractivity contribution in [3.05, 3.63) is 70.3 Å². The van der Waals surface area contributed by atoms with Crippen LogP contribution in [0.15, 0.2) is 48.6 Å². The van der Waals surface area contributed by atoms with E-state index in [1.54, 1.807) is 24.3 Å². The van der Waals surface area contributed by atoms with Crippen molar-refractivity contribution >= 4 is 33.2 Å². The Labute approximate surface area is 272 Å². The molecule has 2 aromatic rings. The number of anilines is 1. The molecule has 1 fully saturated rings. The third kappa shape index (κ3) is 6.51. The van der Waals surface area contributed by atoms with Gasteiger partial charge in [0.1, 0.15) is 11.0 Å². The van der Waals surface area contributed by atoms with Crippen LogP contribution >= 0.6 is 11.6 Å². The molecule has 4 aliphatic rings. The zero-order valence-corrected chi connectivity index (χ0v) is 27.9. The van der Waals surface area contributed by atoms with Gasteiger partial charge in [0.2, 0.25) is 10.0 Å². The van der Waals surface area contributed by atoms with E-state index in [1.165, 1.54) is 18.2 Å². The van der Waals surface area contributed by atoms with Crippen LogP contribution in [0.25, 0.3) is 0 Å². The van der Waals surface area contributed by atoms with Crippen molar-refractivity contribution in [3.63, 3.8) is 0 Å². The van der Waals surface area contributed by atoms with E-state index in [2.05, 4.69) is 21.8 Å². The maximum absolute atomic E-state index is 13.7. The van der Waals surface area contributed by atoms with Crippen LogP contribution in [0, 0.1) is 17.8 Å². The number of fused-ring (bicyclic) bond motifs is 4. The molecule has 8 nitrogen and oxygen atoms in total. The van der Waals surface area contributed by atoms with E-state index in [-0.39, 0.29) is 28.7 Å². The molecule has 10 heteroatoms. The number of sulfonamides is 1. The van der Waals surface area contributed by atoms with Crippen molar-refractivity contribution in [1.82, 2.24) is 4.72 Å². The van der Waals surface area contributed by atoms with E-state index in [0.717, 1.165) is 42.8 Å². The maximum Gasteiger partial charge on any atom is 0.264 e. The first-order chi connectivity index (χ1) is 21.5. The highest BCUT2D eigenvalue weighted by atomic mass is 35.5. The van der Waals surface area contributed by atoms with E-state index < -0.39 is 33.4 Å². The minimum atomic E-state index is -4.10. The molecule has 2 heterocycles. The average Bonchev–Trinajstić information content (AvgIpc) is 3.12. The standard InChI is InChI=1S/C35H45ClN2O6S/c1-22(2)16-33-32(43-3)8-4-7-30(39)27-12-9-25(27)19-38-20-35(15-5-6-23-17-26(36)11-13-28(23)35)21-44-31-14-10-24(18-29(31)38)34(40)37-45(33,41)42/h4,7,10-11,13-14,17-18,22,25,27,30,32-33,39H,5-6,8-9,12,15-16,19-21H2,1-3H3,(H,37,40)/b7-4-/t25-,27+,30-,32-,33+,35-/m0/s1. The first-order valence-electron chi connectivity index (χ1n) is 16.2. The number of halogens is 1. The summed E-state index contributed by atoms with van der Waals surface area (Å²) in [6.45, 7) is 5.76. The van der Waals surface area contributed by atoms with Gasteiger partial charge in [-0.2, -0.15) is 0 Å². The summed E-state index contributed by atoms with van der Waals surface area (Å²) in [6, 6.07) is 11.4. The van der Waals surface area contributed by atoms with Gasteiger partial charge in [-0.3, -0.25) is 4.79 Å². The first kappa shape index (κ1) is 32.4. The van der Waals surface area contributed by atoms with Crippen LogP contribution in [-0.2, 0) is 26.6 Å². The monoisotopic (exact) mass is 656 g/mol. The van der Waals surface area contributed by atoms with Gasteiger partial charge in [-0.25, -0.2) is 13.1 Å². The van der Waals surface area contributed by atoms with Crippen LogP contribution in [0.4, 0.5) is 5.69 Å². The quantitative estimate of drug-likeness (QED) is 0.412. The fourth-order valence-corrected chi connectivity index (χ4v) is 9.89. The summed E-state index contributed by atoms with van der Waals surface area (Å²) in [5, 5.41) is 11.1. The second-order valence-electron chi connectivity index (χ2n) is 13.9. The van der Waals surface area contributed by atoms with Gasteiger partial charge in [0, 0.05) is 36.2 Å². The number of carbonyl (C=O) groups is 1. The third-order valence-corrected chi connectivity index (χ3v) is 12.4.